The van der Waals surface area contributed by atoms with Gasteiger partial charge < -0.3 is 10.1 Å². The number of anilines is 1. The average molecular weight is 411 g/mol. The third kappa shape index (κ3) is 4.71. The predicted molar refractivity (Wildman–Crippen MR) is 111 cm³/mol. The summed E-state index contributed by atoms with van der Waals surface area (Å²) in [6.07, 6.45) is -0.919. The number of nitrogens with zero attached hydrogens (tertiary/aromatic N) is 2. The lowest BCUT2D eigenvalue weighted by Gasteiger charge is -2.14. The number of carbonyl (C=O) groups excluding carboxylic acids is 2. The molecule has 1 atom stereocenters. The summed E-state index contributed by atoms with van der Waals surface area (Å²) in [5.41, 5.74) is 1.11. The highest BCUT2D eigenvalue weighted by molar-refractivity contribution is 5.95. The lowest BCUT2D eigenvalue weighted by molar-refractivity contribution is -0.153. The van der Waals surface area contributed by atoms with E-state index in [1.165, 1.54) is 17.6 Å². The molecule has 0 radical (unpaired) electrons. The zero-order valence-electron chi connectivity index (χ0n) is 16.9. The van der Waals surface area contributed by atoms with E-state index in [9.17, 15) is 18.8 Å². The molecule has 1 aromatic heterocycles. The molecule has 0 aliphatic rings. The summed E-state index contributed by atoms with van der Waals surface area (Å²) in [6, 6.07) is 11.3. The van der Waals surface area contributed by atoms with Gasteiger partial charge in [-0.25, -0.2) is 9.37 Å². The molecule has 1 amide bonds. The van der Waals surface area contributed by atoms with Gasteiger partial charge in [-0.1, -0.05) is 18.2 Å². The van der Waals surface area contributed by atoms with Crippen molar-refractivity contribution in [3.05, 3.63) is 70.0 Å². The van der Waals surface area contributed by atoms with Crippen LogP contribution in [0.4, 0.5) is 10.1 Å². The van der Waals surface area contributed by atoms with E-state index in [1.807, 2.05) is 0 Å². The van der Waals surface area contributed by atoms with Crippen LogP contribution in [0.15, 0.2) is 47.3 Å². The van der Waals surface area contributed by atoms with Crippen LogP contribution in [-0.2, 0) is 27.8 Å². The Morgan fingerprint density at radius 1 is 1.23 bits per heavy atom. The number of carbonyl (C=O) groups is 2. The minimum atomic E-state index is -1.06. The number of aromatic nitrogens is 2. The molecular weight excluding hydrogens is 389 g/mol. The number of ether oxygens (including phenoxy) is 1. The third-order valence-electron chi connectivity index (χ3n) is 4.75. The number of benzene rings is 2. The lowest BCUT2D eigenvalue weighted by Crippen LogP contribution is -2.30. The van der Waals surface area contributed by atoms with Crippen molar-refractivity contribution in [2.45, 2.75) is 32.8 Å². The van der Waals surface area contributed by atoms with Gasteiger partial charge in [0.05, 0.1) is 17.3 Å². The minimum absolute atomic E-state index is 0.0462. The Balaban J connectivity index is 1.59. The van der Waals surface area contributed by atoms with Crippen LogP contribution in [0.5, 0.6) is 0 Å². The van der Waals surface area contributed by atoms with Crippen molar-refractivity contribution in [1.82, 2.24) is 9.55 Å². The maximum absolute atomic E-state index is 13.6. The van der Waals surface area contributed by atoms with E-state index in [2.05, 4.69) is 10.3 Å². The lowest BCUT2D eigenvalue weighted by atomic mass is 10.2. The molecule has 3 rings (SSSR count). The number of fused-ring (bicyclic) bond motifs is 1. The van der Waals surface area contributed by atoms with Gasteiger partial charge in [0, 0.05) is 19.2 Å². The van der Waals surface area contributed by atoms with E-state index < -0.39 is 23.8 Å². The standard InChI is InChI=1S/C22H22FN3O4/c1-13-8-9-15(12-17(13)23)24-21(28)14(2)30-20(27)11-10-19-25-18-7-5-4-6-16(18)22(29)26(19)3/h4-9,12,14H,10-11H2,1-3H3,(H,24,28)/t14-/m0/s1. The quantitative estimate of drug-likeness (QED) is 0.630. The summed E-state index contributed by atoms with van der Waals surface area (Å²) in [4.78, 5) is 41.2. The van der Waals surface area contributed by atoms with Crippen molar-refractivity contribution < 1.29 is 18.7 Å². The number of halogens is 1. The summed E-state index contributed by atoms with van der Waals surface area (Å²) < 4.78 is 20.2. The Labute approximate surface area is 172 Å². The van der Waals surface area contributed by atoms with E-state index in [1.54, 1.807) is 50.4 Å². The maximum atomic E-state index is 13.6. The van der Waals surface area contributed by atoms with Gasteiger partial charge in [0.2, 0.25) is 0 Å². The topological polar surface area (TPSA) is 90.3 Å². The van der Waals surface area contributed by atoms with E-state index in [0.717, 1.165) is 0 Å². The van der Waals surface area contributed by atoms with Gasteiger partial charge >= 0.3 is 5.97 Å². The highest BCUT2D eigenvalue weighted by atomic mass is 19.1. The molecule has 2 aromatic carbocycles. The molecule has 8 heteroatoms. The van der Waals surface area contributed by atoms with Gasteiger partial charge in [0.1, 0.15) is 11.6 Å². The molecule has 0 unspecified atom stereocenters. The molecule has 156 valence electrons. The van der Waals surface area contributed by atoms with Crippen LogP contribution in [0.3, 0.4) is 0 Å². The Bertz CT molecular complexity index is 1170. The van der Waals surface area contributed by atoms with Gasteiger partial charge in [-0.15, -0.1) is 0 Å². The Morgan fingerprint density at radius 2 is 1.97 bits per heavy atom. The molecule has 0 spiro atoms. The number of amides is 1. The maximum Gasteiger partial charge on any atom is 0.307 e. The minimum Gasteiger partial charge on any atom is -0.453 e. The average Bonchev–Trinajstić information content (AvgIpc) is 2.72. The van der Waals surface area contributed by atoms with Crippen LogP contribution in [0.25, 0.3) is 10.9 Å². The number of hydrogen-bond donors (Lipinski definition) is 1. The zero-order valence-corrected chi connectivity index (χ0v) is 16.9. The van der Waals surface area contributed by atoms with Crippen molar-refractivity contribution in [3.8, 4) is 0 Å². The molecule has 0 saturated carbocycles. The molecule has 0 bridgehead atoms. The fourth-order valence-electron chi connectivity index (χ4n) is 2.93. The molecule has 3 aromatic rings. The molecule has 1 N–H and O–H groups in total. The second-order valence-electron chi connectivity index (χ2n) is 6.99. The smallest absolute Gasteiger partial charge is 0.307 e. The normalized spacial score (nSPS) is 11.9. The van der Waals surface area contributed by atoms with Crippen LogP contribution < -0.4 is 10.9 Å². The fourth-order valence-corrected chi connectivity index (χ4v) is 2.93. The molecule has 1 heterocycles. The number of nitrogens with one attached hydrogen (secondary N) is 1. The number of hydrogen-bond acceptors (Lipinski definition) is 5. The highest BCUT2D eigenvalue weighted by Crippen LogP contribution is 2.14. The molecule has 7 nitrogen and oxygen atoms in total. The number of esters is 1. The summed E-state index contributed by atoms with van der Waals surface area (Å²) in [6.45, 7) is 3.05. The van der Waals surface area contributed by atoms with Crippen molar-refractivity contribution in [1.29, 1.82) is 0 Å². The molecule has 0 fully saturated rings. The molecule has 0 aliphatic carbocycles. The SMILES string of the molecule is Cc1ccc(NC(=O)[C@H](C)OC(=O)CCc2nc3ccccc3c(=O)n2C)cc1F. The van der Waals surface area contributed by atoms with Gasteiger partial charge in [-0.2, -0.15) is 0 Å². The predicted octanol–water partition coefficient (Wildman–Crippen LogP) is 2.88. The number of rotatable bonds is 6. The van der Waals surface area contributed by atoms with Crippen molar-refractivity contribution in [2.75, 3.05) is 5.32 Å². The van der Waals surface area contributed by atoms with Gasteiger partial charge in [0.15, 0.2) is 6.10 Å². The van der Waals surface area contributed by atoms with E-state index in [4.69, 9.17) is 4.74 Å². The monoisotopic (exact) mass is 411 g/mol. The van der Waals surface area contributed by atoms with Crippen LogP contribution in [0, 0.1) is 12.7 Å². The van der Waals surface area contributed by atoms with Crippen molar-refractivity contribution >= 4 is 28.5 Å². The van der Waals surface area contributed by atoms with Gasteiger partial charge in [0.25, 0.3) is 11.5 Å². The van der Waals surface area contributed by atoms with Crippen LogP contribution >= 0.6 is 0 Å². The van der Waals surface area contributed by atoms with Crippen LogP contribution in [0.1, 0.15) is 24.7 Å². The van der Waals surface area contributed by atoms with Crippen LogP contribution in [-0.4, -0.2) is 27.5 Å². The van der Waals surface area contributed by atoms with E-state index >= 15 is 0 Å². The molecule has 0 aliphatic heterocycles. The largest absolute Gasteiger partial charge is 0.453 e. The van der Waals surface area contributed by atoms with Crippen molar-refractivity contribution in [3.63, 3.8) is 0 Å². The molecule has 30 heavy (non-hydrogen) atoms. The summed E-state index contributed by atoms with van der Waals surface area (Å²) >= 11 is 0. The highest BCUT2D eigenvalue weighted by Gasteiger charge is 2.19. The Hall–Kier alpha value is -3.55. The Morgan fingerprint density at radius 3 is 2.70 bits per heavy atom. The summed E-state index contributed by atoms with van der Waals surface area (Å²) in [5.74, 6) is -1.16. The molecular formula is C22H22FN3O4. The van der Waals surface area contributed by atoms with Crippen LogP contribution in [0.2, 0.25) is 0 Å². The first-order valence-corrected chi connectivity index (χ1v) is 9.47. The van der Waals surface area contributed by atoms with E-state index in [-0.39, 0.29) is 24.1 Å². The van der Waals surface area contributed by atoms with Crippen molar-refractivity contribution in [2.24, 2.45) is 7.05 Å². The third-order valence-corrected chi connectivity index (χ3v) is 4.75. The first-order valence-electron chi connectivity index (χ1n) is 9.47. The van der Waals surface area contributed by atoms with Gasteiger partial charge in [-0.3, -0.25) is 19.0 Å². The summed E-state index contributed by atoms with van der Waals surface area (Å²) in [7, 11) is 1.60. The first-order chi connectivity index (χ1) is 14.3. The fraction of sp³-hybridized carbons (Fsp3) is 0.273. The summed E-state index contributed by atoms with van der Waals surface area (Å²) in [5, 5.41) is 3.02. The number of aryl methyl sites for hydroxylation is 2. The second-order valence-corrected chi connectivity index (χ2v) is 6.99. The number of para-hydroxylation sites is 1. The molecule has 0 saturated heterocycles. The van der Waals surface area contributed by atoms with E-state index in [0.29, 0.717) is 22.3 Å². The van der Waals surface area contributed by atoms with Gasteiger partial charge in [-0.05, 0) is 43.7 Å². The zero-order chi connectivity index (χ0) is 21.8. The Kier molecular flexibility index (Phi) is 6.25. The first kappa shape index (κ1) is 21.2. The second kappa shape index (κ2) is 8.86.